The summed E-state index contributed by atoms with van der Waals surface area (Å²) >= 11 is 0. The van der Waals surface area contributed by atoms with Crippen LogP contribution >= 0.6 is 0 Å². The van der Waals surface area contributed by atoms with Gasteiger partial charge in [0.25, 0.3) is 0 Å². The zero-order chi connectivity index (χ0) is 16.9. The smallest absolute Gasteiger partial charge is 0.187 e. The Labute approximate surface area is 142 Å². The van der Waals surface area contributed by atoms with Crippen LogP contribution in [0.25, 0.3) is 0 Å². The Morgan fingerprint density at radius 1 is 0.913 bits per heavy atom. The summed E-state index contributed by atoms with van der Waals surface area (Å²) in [6, 6.07) is 1.67. The molecule has 0 amide bonds. The minimum Gasteiger partial charge on any atom is -0.469 e. The first-order valence-corrected chi connectivity index (χ1v) is 9.74. The van der Waals surface area contributed by atoms with Crippen molar-refractivity contribution in [1.29, 1.82) is 0 Å². The third-order valence-corrected chi connectivity index (χ3v) is 4.76. The molecule has 0 fully saturated rings. The molecule has 0 aliphatic heterocycles. The second kappa shape index (κ2) is 12.4. The van der Waals surface area contributed by atoms with Crippen molar-refractivity contribution in [1.82, 2.24) is 0 Å². The third kappa shape index (κ3) is 8.98. The van der Waals surface area contributed by atoms with Gasteiger partial charge in [0.1, 0.15) is 5.76 Å². The quantitative estimate of drug-likeness (QED) is 0.376. The molecule has 0 saturated carbocycles. The Morgan fingerprint density at radius 3 is 1.96 bits per heavy atom. The van der Waals surface area contributed by atoms with E-state index >= 15 is 0 Å². The molecule has 1 atom stereocenters. The lowest BCUT2D eigenvalue weighted by atomic mass is 9.99. The van der Waals surface area contributed by atoms with Gasteiger partial charge in [-0.05, 0) is 13.3 Å². The molecule has 1 aromatic rings. The van der Waals surface area contributed by atoms with Crippen LogP contribution in [0.1, 0.15) is 108 Å². The molecule has 0 saturated heterocycles. The summed E-state index contributed by atoms with van der Waals surface area (Å²) in [7, 11) is 0. The number of rotatable bonds is 13. The van der Waals surface area contributed by atoms with E-state index in [2.05, 4.69) is 13.8 Å². The van der Waals surface area contributed by atoms with Crippen LogP contribution in [0.2, 0.25) is 0 Å². The van der Waals surface area contributed by atoms with E-state index in [1.807, 2.05) is 0 Å². The van der Waals surface area contributed by atoms with E-state index in [0.29, 0.717) is 11.5 Å². The van der Waals surface area contributed by atoms with Gasteiger partial charge in [0, 0.05) is 17.5 Å². The zero-order valence-electron chi connectivity index (χ0n) is 15.5. The van der Waals surface area contributed by atoms with Crippen LogP contribution in [0.3, 0.4) is 0 Å². The van der Waals surface area contributed by atoms with E-state index in [0.717, 1.165) is 12.2 Å². The number of hydrogen-bond donors (Lipinski definition) is 0. The summed E-state index contributed by atoms with van der Waals surface area (Å²) in [6.45, 7) is 6.22. The van der Waals surface area contributed by atoms with Gasteiger partial charge in [-0.1, -0.05) is 84.5 Å². The van der Waals surface area contributed by atoms with Crippen LogP contribution in [0, 0.1) is 6.92 Å². The van der Waals surface area contributed by atoms with Gasteiger partial charge in [-0.2, -0.15) is 0 Å². The van der Waals surface area contributed by atoms with Crippen molar-refractivity contribution in [2.75, 3.05) is 0 Å². The van der Waals surface area contributed by atoms with E-state index < -0.39 is 0 Å². The van der Waals surface area contributed by atoms with Gasteiger partial charge in [-0.25, -0.2) is 0 Å². The Morgan fingerprint density at radius 2 is 1.43 bits per heavy atom. The highest BCUT2D eigenvalue weighted by Crippen LogP contribution is 2.21. The third-order valence-electron chi connectivity index (χ3n) is 4.76. The number of unbranched alkanes of at least 4 members (excludes halogenated alkanes) is 10. The molecule has 1 unspecified atom stereocenters. The molecule has 1 heterocycles. The minimum atomic E-state index is 0.0945. The van der Waals surface area contributed by atoms with Gasteiger partial charge in [0.15, 0.2) is 5.43 Å². The number of aryl methyl sites for hydroxylation is 1. The van der Waals surface area contributed by atoms with Crippen molar-refractivity contribution < 1.29 is 4.42 Å². The summed E-state index contributed by atoms with van der Waals surface area (Å²) < 4.78 is 5.55. The molecule has 0 aliphatic carbocycles. The van der Waals surface area contributed by atoms with Crippen molar-refractivity contribution in [3.63, 3.8) is 0 Å². The van der Waals surface area contributed by atoms with Crippen molar-refractivity contribution >= 4 is 0 Å². The SMILES string of the molecule is CCCCCCCCCCCCCC(C)c1cc(=O)c(C)co1. The Bertz CT molecular complexity index is 461. The predicted molar refractivity (Wildman–Crippen MR) is 99.2 cm³/mol. The molecule has 1 rings (SSSR count). The molecule has 0 aliphatic rings. The molecule has 132 valence electrons. The summed E-state index contributed by atoms with van der Waals surface area (Å²) in [6.07, 6.45) is 17.8. The van der Waals surface area contributed by atoms with Gasteiger partial charge in [-0.15, -0.1) is 0 Å². The summed E-state index contributed by atoms with van der Waals surface area (Å²) in [5.74, 6) is 1.19. The summed E-state index contributed by atoms with van der Waals surface area (Å²) in [4.78, 5) is 11.6. The summed E-state index contributed by atoms with van der Waals surface area (Å²) in [5, 5.41) is 0. The maximum absolute atomic E-state index is 11.6. The molecule has 2 heteroatoms. The molecular formula is C21H36O2. The van der Waals surface area contributed by atoms with Crippen LogP contribution in [-0.4, -0.2) is 0 Å². The highest BCUT2D eigenvalue weighted by atomic mass is 16.3. The standard InChI is InChI=1S/C21H36O2/c1-4-5-6-7-8-9-10-11-12-13-14-15-18(2)21-16-20(22)19(3)17-23-21/h16-18H,4-15H2,1-3H3. The lowest BCUT2D eigenvalue weighted by Gasteiger charge is -2.10. The van der Waals surface area contributed by atoms with Crippen LogP contribution < -0.4 is 5.43 Å². The molecule has 1 aromatic heterocycles. The first-order valence-electron chi connectivity index (χ1n) is 9.74. The van der Waals surface area contributed by atoms with E-state index in [1.165, 1.54) is 70.6 Å². The highest BCUT2D eigenvalue weighted by Gasteiger charge is 2.09. The van der Waals surface area contributed by atoms with Crippen molar-refractivity contribution in [2.45, 2.75) is 104 Å². The second-order valence-electron chi connectivity index (χ2n) is 7.05. The minimum absolute atomic E-state index is 0.0945. The van der Waals surface area contributed by atoms with Crippen molar-refractivity contribution in [3.8, 4) is 0 Å². The molecule has 2 nitrogen and oxygen atoms in total. The van der Waals surface area contributed by atoms with Crippen LogP contribution in [0.5, 0.6) is 0 Å². The van der Waals surface area contributed by atoms with Crippen LogP contribution in [0.15, 0.2) is 21.5 Å². The monoisotopic (exact) mass is 320 g/mol. The Balaban J connectivity index is 2.00. The lowest BCUT2D eigenvalue weighted by Crippen LogP contribution is -2.06. The first kappa shape index (κ1) is 20.0. The molecular weight excluding hydrogens is 284 g/mol. The molecule has 0 N–H and O–H groups in total. The highest BCUT2D eigenvalue weighted by molar-refractivity contribution is 5.11. The molecule has 0 spiro atoms. The zero-order valence-corrected chi connectivity index (χ0v) is 15.5. The fourth-order valence-corrected chi connectivity index (χ4v) is 3.01. The summed E-state index contributed by atoms with van der Waals surface area (Å²) in [5.41, 5.74) is 0.785. The Kier molecular flexibility index (Phi) is 10.8. The predicted octanol–water partition coefficient (Wildman–Crippen LogP) is 6.75. The van der Waals surface area contributed by atoms with Gasteiger partial charge < -0.3 is 4.42 Å². The topological polar surface area (TPSA) is 30.2 Å². The van der Waals surface area contributed by atoms with Gasteiger partial charge in [-0.3, -0.25) is 4.79 Å². The average Bonchev–Trinajstić information content (AvgIpc) is 2.55. The molecule has 23 heavy (non-hydrogen) atoms. The Hall–Kier alpha value is -1.05. The van der Waals surface area contributed by atoms with Gasteiger partial charge >= 0.3 is 0 Å². The first-order chi connectivity index (χ1) is 11.1. The second-order valence-corrected chi connectivity index (χ2v) is 7.05. The van der Waals surface area contributed by atoms with E-state index in [9.17, 15) is 4.79 Å². The van der Waals surface area contributed by atoms with Crippen molar-refractivity contribution in [2.24, 2.45) is 0 Å². The van der Waals surface area contributed by atoms with E-state index in [1.54, 1.807) is 19.3 Å². The maximum atomic E-state index is 11.6. The fourth-order valence-electron chi connectivity index (χ4n) is 3.01. The van der Waals surface area contributed by atoms with Gasteiger partial charge in [0.2, 0.25) is 0 Å². The largest absolute Gasteiger partial charge is 0.469 e. The molecule has 0 radical (unpaired) electrons. The molecule has 0 bridgehead atoms. The van der Waals surface area contributed by atoms with Gasteiger partial charge in [0.05, 0.1) is 6.26 Å². The van der Waals surface area contributed by atoms with Crippen LogP contribution in [0.4, 0.5) is 0 Å². The molecule has 0 aromatic carbocycles. The van der Waals surface area contributed by atoms with Crippen LogP contribution in [-0.2, 0) is 0 Å². The average molecular weight is 321 g/mol. The number of hydrogen-bond acceptors (Lipinski definition) is 2. The maximum Gasteiger partial charge on any atom is 0.187 e. The normalized spacial score (nSPS) is 12.5. The van der Waals surface area contributed by atoms with Crippen molar-refractivity contribution in [3.05, 3.63) is 33.9 Å². The van der Waals surface area contributed by atoms with E-state index in [4.69, 9.17) is 4.42 Å². The fraction of sp³-hybridized carbons (Fsp3) is 0.762. The van der Waals surface area contributed by atoms with E-state index in [-0.39, 0.29) is 5.43 Å². The lowest BCUT2D eigenvalue weighted by molar-refractivity contribution is 0.431.